The Hall–Kier alpha value is -8.46. The van der Waals surface area contributed by atoms with Crippen LogP contribution in [0, 0.1) is 0 Å². The van der Waals surface area contributed by atoms with Crippen molar-refractivity contribution in [3.63, 3.8) is 0 Å². The normalized spacial score (nSPS) is 15.2. The molecule has 1 atom stereocenters. The second-order valence-corrected chi connectivity index (χ2v) is 17.9. The molecular weight excluding hydrogens is 809 g/mol. The summed E-state index contributed by atoms with van der Waals surface area (Å²) in [6.07, 6.45) is 5.82. The van der Waals surface area contributed by atoms with Gasteiger partial charge in [-0.3, -0.25) is 0 Å². The molecule has 1 aliphatic heterocycles. The van der Waals surface area contributed by atoms with Crippen LogP contribution in [0.1, 0.15) is 39.8 Å². The molecule has 2 heteroatoms. The standard InChI is InChI=1S/C65H46N2/c1-5-17-45(18-6-1)46-29-35-53(36-30-46)66(55-39-40-58-57-27-15-16-28-60(57)65(61(58)44-55,50-20-7-2-8-21-50)51-22-9-3-10-23-51)54-37-31-47(32-38-54)49-34-41-62-59(43-49)64-56-26-14-13-19-48(56)33-42-63(64)67(62)52-24-11-4-12-25-52/h1-40,42-44,62H,41H2. The van der Waals surface area contributed by atoms with Gasteiger partial charge in [0.25, 0.3) is 0 Å². The zero-order chi connectivity index (χ0) is 44.3. The maximum absolute atomic E-state index is 2.55. The minimum Gasteiger partial charge on any atom is -0.333 e. The van der Waals surface area contributed by atoms with E-state index in [0.29, 0.717) is 0 Å². The summed E-state index contributed by atoms with van der Waals surface area (Å²) in [5.41, 5.74) is 20.6. The van der Waals surface area contributed by atoms with Crippen LogP contribution in [-0.4, -0.2) is 6.04 Å². The van der Waals surface area contributed by atoms with Crippen molar-refractivity contribution in [3.8, 4) is 22.3 Å². The minimum atomic E-state index is -0.504. The van der Waals surface area contributed by atoms with Crippen LogP contribution in [0.5, 0.6) is 0 Å². The first-order valence-corrected chi connectivity index (χ1v) is 23.4. The topological polar surface area (TPSA) is 6.48 Å². The average molecular weight is 855 g/mol. The highest BCUT2D eigenvalue weighted by molar-refractivity contribution is 6.08. The van der Waals surface area contributed by atoms with E-state index in [1.54, 1.807) is 0 Å². The van der Waals surface area contributed by atoms with Crippen molar-refractivity contribution in [2.45, 2.75) is 17.9 Å². The van der Waals surface area contributed by atoms with E-state index in [4.69, 9.17) is 0 Å². The summed E-state index contributed by atoms with van der Waals surface area (Å²) in [5.74, 6) is 0. The summed E-state index contributed by atoms with van der Waals surface area (Å²) in [6, 6.07) is 91.8. The number of allylic oxidation sites excluding steroid dienone is 2. The van der Waals surface area contributed by atoms with E-state index in [9.17, 15) is 0 Å². The van der Waals surface area contributed by atoms with Gasteiger partial charge in [-0.05, 0) is 139 Å². The van der Waals surface area contributed by atoms with Crippen LogP contribution in [0.15, 0.2) is 261 Å². The van der Waals surface area contributed by atoms with Crippen LogP contribution in [0.25, 0.3) is 44.2 Å². The molecule has 316 valence electrons. The molecule has 0 amide bonds. The number of para-hydroxylation sites is 1. The van der Waals surface area contributed by atoms with Crippen molar-refractivity contribution < 1.29 is 0 Å². The highest BCUT2D eigenvalue weighted by Gasteiger charge is 2.46. The monoisotopic (exact) mass is 854 g/mol. The van der Waals surface area contributed by atoms with E-state index in [-0.39, 0.29) is 6.04 Å². The van der Waals surface area contributed by atoms with E-state index in [2.05, 4.69) is 271 Å². The first-order valence-electron chi connectivity index (χ1n) is 23.4. The van der Waals surface area contributed by atoms with E-state index in [1.807, 2.05) is 0 Å². The predicted octanol–water partition coefficient (Wildman–Crippen LogP) is 16.7. The largest absolute Gasteiger partial charge is 0.333 e. The Morgan fingerprint density at radius 2 is 0.985 bits per heavy atom. The molecule has 10 aromatic carbocycles. The molecule has 67 heavy (non-hydrogen) atoms. The van der Waals surface area contributed by atoms with Crippen molar-refractivity contribution in [2.75, 3.05) is 9.80 Å². The lowest BCUT2D eigenvalue weighted by molar-refractivity contribution is 0.768. The minimum absolute atomic E-state index is 0.227. The number of hydrogen-bond acceptors (Lipinski definition) is 2. The summed E-state index contributed by atoms with van der Waals surface area (Å²) < 4.78 is 0. The Kier molecular flexibility index (Phi) is 9.25. The summed E-state index contributed by atoms with van der Waals surface area (Å²) in [4.78, 5) is 4.98. The molecule has 1 heterocycles. The van der Waals surface area contributed by atoms with E-state index in [1.165, 1.54) is 88.9 Å². The lowest BCUT2D eigenvalue weighted by Gasteiger charge is -2.35. The van der Waals surface area contributed by atoms with Crippen molar-refractivity contribution in [2.24, 2.45) is 0 Å². The fourth-order valence-corrected chi connectivity index (χ4v) is 11.5. The van der Waals surface area contributed by atoms with E-state index >= 15 is 0 Å². The van der Waals surface area contributed by atoms with Gasteiger partial charge in [0.15, 0.2) is 0 Å². The predicted molar refractivity (Wildman–Crippen MR) is 281 cm³/mol. The number of rotatable bonds is 8. The van der Waals surface area contributed by atoms with Crippen molar-refractivity contribution in [3.05, 3.63) is 294 Å². The van der Waals surface area contributed by atoms with Gasteiger partial charge in [0, 0.05) is 34.0 Å². The Morgan fingerprint density at radius 1 is 0.433 bits per heavy atom. The Balaban J connectivity index is 0.943. The maximum atomic E-state index is 2.55. The molecular formula is C65H46N2. The Bertz CT molecular complexity index is 3480. The van der Waals surface area contributed by atoms with Gasteiger partial charge >= 0.3 is 0 Å². The molecule has 0 N–H and O–H groups in total. The molecule has 0 radical (unpaired) electrons. The van der Waals surface area contributed by atoms with Gasteiger partial charge < -0.3 is 9.80 Å². The third kappa shape index (κ3) is 6.25. The van der Waals surface area contributed by atoms with Gasteiger partial charge in [-0.15, -0.1) is 0 Å². The van der Waals surface area contributed by atoms with Crippen molar-refractivity contribution in [1.29, 1.82) is 0 Å². The molecule has 0 saturated carbocycles. The van der Waals surface area contributed by atoms with Gasteiger partial charge in [0.1, 0.15) is 0 Å². The molecule has 3 aliphatic rings. The zero-order valence-corrected chi connectivity index (χ0v) is 37.0. The fourth-order valence-electron chi connectivity index (χ4n) is 11.5. The van der Waals surface area contributed by atoms with Gasteiger partial charge in [-0.2, -0.15) is 0 Å². The summed E-state index contributed by atoms with van der Waals surface area (Å²) in [5, 5.41) is 2.58. The Labute approximate surface area is 392 Å². The van der Waals surface area contributed by atoms with Crippen LogP contribution in [0.4, 0.5) is 28.4 Å². The van der Waals surface area contributed by atoms with E-state index in [0.717, 1.165) is 23.5 Å². The molecule has 2 aliphatic carbocycles. The summed E-state index contributed by atoms with van der Waals surface area (Å²) >= 11 is 0. The molecule has 2 nitrogen and oxygen atoms in total. The first-order chi connectivity index (χ1) is 33.2. The first kappa shape index (κ1) is 39.0. The quantitative estimate of drug-likeness (QED) is 0.150. The molecule has 10 aromatic rings. The SMILES string of the molecule is C1=C(c2ccc(N(c3ccc(-c4ccccc4)cc3)c3ccc4c(c3)C(c3ccccc3)(c3ccccc3)c3ccccc3-4)cc2)C=C2c3c(ccc4ccccc34)N(c3ccccc3)C2C1. The fraction of sp³-hybridized carbons (Fsp3) is 0.0462. The summed E-state index contributed by atoms with van der Waals surface area (Å²) in [6.45, 7) is 0. The summed E-state index contributed by atoms with van der Waals surface area (Å²) in [7, 11) is 0. The zero-order valence-electron chi connectivity index (χ0n) is 37.0. The average Bonchev–Trinajstić information content (AvgIpc) is 3.91. The maximum Gasteiger partial charge on any atom is 0.0714 e. The molecule has 13 rings (SSSR count). The number of nitrogens with zero attached hydrogens (tertiary/aromatic N) is 2. The third-order valence-corrected chi connectivity index (χ3v) is 14.4. The smallest absolute Gasteiger partial charge is 0.0714 e. The molecule has 0 spiro atoms. The molecule has 0 saturated heterocycles. The number of benzene rings is 10. The highest BCUT2D eigenvalue weighted by atomic mass is 15.2. The van der Waals surface area contributed by atoms with E-state index < -0.39 is 5.41 Å². The second-order valence-electron chi connectivity index (χ2n) is 17.9. The van der Waals surface area contributed by atoms with Crippen molar-refractivity contribution >= 4 is 50.4 Å². The van der Waals surface area contributed by atoms with Crippen LogP contribution in [-0.2, 0) is 5.41 Å². The van der Waals surface area contributed by atoms with Crippen LogP contribution >= 0.6 is 0 Å². The van der Waals surface area contributed by atoms with Crippen LogP contribution in [0.2, 0.25) is 0 Å². The molecule has 0 aromatic heterocycles. The molecule has 0 bridgehead atoms. The van der Waals surface area contributed by atoms with Gasteiger partial charge in [-0.25, -0.2) is 0 Å². The Morgan fingerprint density at radius 3 is 1.69 bits per heavy atom. The number of anilines is 5. The highest BCUT2D eigenvalue weighted by Crippen LogP contribution is 2.57. The lowest BCUT2D eigenvalue weighted by Crippen LogP contribution is -2.28. The second kappa shape index (κ2) is 15.9. The molecule has 0 fully saturated rings. The third-order valence-electron chi connectivity index (χ3n) is 14.4. The number of hydrogen-bond donors (Lipinski definition) is 0. The molecule has 1 unspecified atom stereocenters. The van der Waals surface area contributed by atoms with Gasteiger partial charge in [0.05, 0.1) is 11.5 Å². The van der Waals surface area contributed by atoms with Crippen molar-refractivity contribution in [1.82, 2.24) is 0 Å². The number of fused-ring (bicyclic) bond motifs is 8. The lowest BCUT2D eigenvalue weighted by atomic mass is 9.67. The van der Waals surface area contributed by atoms with Gasteiger partial charge in [-0.1, -0.05) is 200 Å². The van der Waals surface area contributed by atoms with Crippen LogP contribution in [0.3, 0.4) is 0 Å². The van der Waals surface area contributed by atoms with Crippen LogP contribution < -0.4 is 9.80 Å². The van der Waals surface area contributed by atoms with Gasteiger partial charge in [0.2, 0.25) is 0 Å².